The normalized spacial score (nSPS) is 13.6. The van der Waals surface area contributed by atoms with E-state index in [1.54, 1.807) is 0 Å². The van der Waals surface area contributed by atoms with Crippen LogP contribution >= 0.6 is 0 Å². The molecule has 0 unspecified atom stereocenters. The molecule has 0 bridgehead atoms. The Hall–Kier alpha value is 0.571. The molecule has 0 heterocycles. The molecule has 2 radical (unpaired) electrons. The molecule has 0 aliphatic carbocycles. The summed E-state index contributed by atoms with van der Waals surface area (Å²) < 4.78 is 11.2. The summed E-state index contributed by atoms with van der Waals surface area (Å²) in [5.41, 5.74) is 0. The molecule has 0 N–H and O–H groups in total. The van der Waals surface area contributed by atoms with Crippen molar-refractivity contribution in [2.45, 2.75) is 39.3 Å². The average molecular weight is 206 g/mol. The molecular weight excluding hydrogens is 188 g/mol. The van der Waals surface area contributed by atoms with Crippen molar-refractivity contribution in [3.05, 3.63) is 0 Å². The van der Waals surface area contributed by atoms with Gasteiger partial charge >= 0.3 is 10.0 Å². The van der Waals surface area contributed by atoms with Gasteiger partial charge in [0.05, 0.1) is 0 Å². The summed E-state index contributed by atoms with van der Waals surface area (Å²) in [6.45, 7) is 13.0. The van der Waals surface area contributed by atoms with Crippen molar-refractivity contribution in [2.75, 3.05) is 0 Å². The lowest BCUT2D eigenvalue weighted by Crippen LogP contribution is -2.34. The maximum absolute atomic E-state index is 5.58. The average Bonchev–Trinajstić information content (AvgIpc) is 1.55. The fourth-order valence-corrected chi connectivity index (χ4v) is 2.81. The zero-order valence-electron chi connectivity index (χ0n) is 8.32. The highest BCUT2D eigenvalue weighted by Gasteiger charge is 2.19. The van der Waals surface area contributed by atoms with Gasteiger partial charge in [0.15, 0.2) is 16.6 Å². The second-order valence-electron chi connectivity index (χ2n) is 4.51. The zero-order chi connectivity index (χ0) is 9.12. The van der Waals surface area contributed by atoms with Gasteiger partial charge < -0.3 is 8.23 Å². The maximum Gasteiger partial charge on any atom is 0.410 e. The molecule has 0 aliphatic heterocycles. The van der Waals surface area contributed by atoms with Crippen LogP contribution in [-0.2, 0) is 8.23 Å². The Bertz CT molecular complexity index is 100.0. The molecule has 0 aliphatic rings. The molecule has 0 aromatic rings. The Morgan fingerprint density at radius 3 is 1.18 bits per heavy atom. The van der Waals surface area contributed by atoms with Crippen LogP contribution in [0, 0.1) is 0 Å². The molecule has 0 saturated heterocycles. The quantitative estimate of drug-likeness (QED) is 0.657. The Kier molecular flexibility index (Phi) is 4.20. The van der Waals surface area contributed by atoms with Crippen molar-refractivity contribution in [2.24, 2.45) is 0 Å². The Labute approximate surface area is 74.6 Å². The van der Waals surface area contributed by atoms with Crippen molar-refractivity contribution in [3.63, 3.8) is 0 Å². The van der Waals surface area contributed by atoms with Gasteiger partial charge in [0.1, 0.15) is 0 Å². The molecule has 66 valence electrons. The number of hydrogen-bond acceptors (Lipinski definition) is 2. The van der Waals surface area contributed by atoms with Gasteiger partial charge in [-0.15, -0.1) is 0 Å². The van der Waals surface area contributed by atoms with E-state index in [1.807, 2.05) is 0 Å². The van der Waals surface area contributed by atoms with Crippen molar-refractivity contribution in [1.82, 2.24) is 0 Å². The Morgan fingerprint density at radius 1 is 0.727 bits per heavy atom. The molecular formula is C6H18O2Si3. The van der Waals surface area contributed by atoms with Gasteiger partial charge in [-0.3, -0.25) is 0 Å². The first-order valence-corrected chi connectivity index (χ1v) is 11.4. The summed E-state index contributed by atoms with van der Waals surface area (Å²) in [6.07, 6.45) is 0. The highest BCUT2D eigenvalue weighted by molar-refractivity contribution is 6.77. The van der Waals surface area contributed by atoms with Gasteiger partial charge in [-0.05, 0) is 39.3 Å². The third-order valence-corrected chi connectivity index (χ3v) is 6.26. The second-order valence-corrected chi connectivity index (χ2v) is 14.8. The topological polar surface area (TPSA) is 18.5 Å². The SMILES string of the molecule is C[Si](C)(C)O[Si]O[Si](C)(C)C. The number of hydrogen-bond donors (Lipinski definition) is 0. The van der Waals surface area contributed by atoms with Gasteiger partial charge in [-0.25, -0.2) is 0 Å². The minimum Gasteiger partial charge on any atom is -0.435 e. The highest BCUT2D eigenvalue weighted by Crippen LogP contribution is 2.05. The first-order chi connectivity index (χ1) is 4.71. The van der Waals surface area contributed by atoms with E-state index in [-0.39, 0.29) is 10.0 Å². The lowest BCUT2D eigenvalue weighted by Gasteiger charge is -2.21. The maximum atomic E-state index is 5.58. The minimum absolute atomic E-state index is 0.258. The molecule has 0 aromatic carbocycles. The summed E-state index contributed by atoms with van der Waals surface area (Å²) in [6, 6.07) is 0. The Morgan fingerprint density at radius 2 is 1.00 bits per heavy atom. The van der Waals surface area contributed by atoms with Crippen LogP contribution in [0.5, 0.6) is 0 Å². The predicted molar refractivity (Wildman–Crippen MR) is 54.6 cm³/mol. The summed E-state index contributed by atoms with van der Waals surface area (Å²) in [7, 11) is -2.44. The predicted octanol–water partition coefficient (Wildman–Crippen LogP) is 2.22. The van der Waals surface area contributed by atoms with Crippen molar-refractivity contribution < 1.29 is 8.23 Å². The fourth-order valence-electron chi connectivity index (χ4n) is 0.271. The van der Waals surface area contributed by atoms with E-state index in [1.165, 1.54) is 0 Å². The lowest BCUT2D eigenvalue weighted by atomic mass is 11.8. The Balaban J connectivity index is 3.44. The molecule has 0 fully saturated rings. The summed E-state index contributed by atoms with van der Waals surface area (Å²) in [5.74, 6) is 0. The minimum atomic E-state index is -1.35. The van der Waals surface area contributed by atoms with Crippen LogP contribution in [0.15, 0.2) is 0 Å². The first-order valence-electron chi connectivity index (χ1n) is 3.82. The van der Waals surface area contributed by atoms with Crippen LogP contribution in [0.3, 0.4) is 0 Å². The molecule has 0 rings (SSSR count). The molecule has 0 spiro atoms. The summed E-state index contributed by atoms with van der Waals surface area (Å²) >= 11 is 0. The molecule has 0 saturated carbocycles. The van der Waals surface area contributed by atoms with Gasteiger partial charge in [-0.1, -0.05) is 0 Å². The van der Waals surface area contributed by atoms with E-state index in [4.69, 9.17) is 8.23 Å². The second kappa shape index (κ2) is 3.99. The molecule has 5 heteroatoms. The largest absolute Gasteiger partial charge is 0.435 e. The van der Waals surface area contributed by atoms with Crippen LogP contribution in [-0.4, -0.2) is 26.6 Å². The lowest BCUT2D eigenvalue weighted by molar-refractivity contribution is 0.457. The van der Waals surface area contributed by atoms with Crippen LogP contribution in [0.4, 0.5) is 0 Å². The van der Waals surface area contributed by atoms with Crippen LogP contribution < -0.4 is 0 Å². The van der Waals surface area contributed by atoms with Gasteiger partial charge in [0.25, 0.3) is 0 Å². The van der Waals surface area contributed by atoms with Crippen molar-refractivity contribution in [3.8, 4) is 0 Å². The highest BCUT2D eigenvalue weighted by atomic mass is 28.4. The third-order valence-electron chi connectivity index (χ3n) is 0.696. The summed E-state index contributed by atoms with van der Waals surface area (Å²) in [4.78, 5) is 0. The van der Waals surface area contributed by atoms with Gasteiger partial charge in [0.2, 0.25) is 0 Å². The summed E-state index contributed by atoms with van der Waals surface area (Å²) in [5, 5.41) is 0. The third kappa shape index (κ3) is 10.6. The number of rotatable bonds is 4. The van der Waals surface area contributed by atoms with Gasteiger partial charge in [0, 0.05) is 0 Å². The van der Waals surface area contributed by atoms with E-state index >= 15 is 0 Å². The fraction of sp³-hybridized carbons (Fsp3) is 1.00. The molecule has 0 atom stereocenters. The molecule has 0 amide bonds. The van der Waals surface area contributed by atoms with Crippen LogP contribution in [0.2, 0.25) is 39.3 Å². The van der Waals surface area contributed by atoms with Crippen LogP contribution in [0.25, 0.3) is 0 Å². The molecule has 0 aromatic heterocycles. The monoisotopic (exact) mass is 206 g/mol. The van der Waals surface area contributed by atoms with Crippen molar-refractivity contribution in [1.29, 1.82) is 0 Å². The van der Waals surface area contributed by atoms with E-state index in [0.29, 0.717) is 0 Å². The molecule has 11 heavy (non-hydrogen) atoms. The zero-order valence-corrected chi connectivity index (χ0v) is 11.3. The van der Waals surface area contributed by atoms with Crippen molar-refractivity contribution >= 4 is 26.6 Å². The van der Waals surface area contributed by atoms with E-state index < -0.39 is 16.6 Å². The van der Waals surface area contributed by atoms with Gasteiger partial charge in [-0.2, -0.15) is 0 Å². The smallest absolute Gasteiger partial charge is 0.410 e. The van der Waals surface area contributed by atoms with E-state index in [0.717, 1.165) is 0 Å². The molecule has 2 nitrogen and oxygen atoms in total. The van der Waals surface area contributed by atoms with E-state index in [9.17, 15) is 0 Å². The first kappa shape index (κ1) is 11.6. The van der Waals surface area contributed by atoms with Crippen LogP contribution in [0.1, 0.15) is 0 Å². The standard InChI is InChI=1S/C6H18O2Si3/c1-10(2,3)7-9-8-11(4,5)6/h1-6H3. The van der Waals surface area contributed by atoms with E-state index in [2.05, 4.69) is 39.3 Å².